The lowest BCUT2D eigenvalue weighted by Crippen LogP contribution is -2.55. The topological polar surface area (TPSA) is 52.7 Å². The van der Waals surface area contributed by atoms with Gasteiger partial charge in [0, 0.05) is 25.7 Å². The van der Waals surface area contributed by atoms with Gasteiger partial charge in [0.05, 0.1) is 4.88 Å². The van der Waals surface area contributed by atoms with E-state index >= 15 is 0 Å². The molecule has 2 aliphatic heterocycles. The molecule has 0 radical (unpaired) electrons. The maximum absolute atomic E-state index is 13.1. The molecule has 1 aromatic rings. The number of halogens is 1. The van der Waals surface area contributed by atoms with Gasteiger partial charge in [-0.1, -0.05) is 6.07 Å². The van der Waals surface area contributed by atoms with Crippen LogP contribution in [0, 0.1) is 5.92 Å². The van der Waals surface area contributed by atoms with Crippen molar-refractivity contribution in [3.8, 4) is 0 Å². The molecule has 2 amide bonds. The van der Waals surface area contributed by atoms with Crippen LogP contribution in [0.25, 0.3) is 0 Å². The van der Waals surface area contributed by atoms with E-state index in [1.165, 1.54) is 24.2 Å². The van der Waals surface area contributed by atoms with E-state index in [0.29, 0.717) is 12.6 Å². The van der Waals surface area contributed by atoms with Crippen molar-refractivity contribution in [2.24, 2.45) is 5.92 Å². The number of carbonyl (C=O) groups is 2. The molecule has 0 spiro atoms. The van der Waals surface area contributed by atoms with Crippen LogP contribution >= 0.6 is 23.7 Å². The van der Waals surface area contributed by atoms with E-state index in [9.17, 15) is 9.59 Å². The Kier molecular flexibility index (Phi) is 7.17. The summed E-state index contributed by atoms with van der Waals surface area (Å²) in [6, 6.07) is 4.04. The van der Waals surface area contributed by atoms with Crippen LogP contribution in [-0.4, -0.2) is 59.9 Å². The summed E-state index contributed by atoms with van der Waals surface area (Å²) in [4.78, 5) is 30.5. The molecule has 3 fully saturated rings. The lowest BCUT2D eigenvalue weighted by atomic mass is 9.98. The fraction of sp³-hybridized carbons (Fsp3) is 0.700. The molecule has 5 nitrogen and oxygen atoms in total. The fourth-order valence-corrected chi connectivity index (χ4v) is 4.82. The number of rotatable bonds is 5. The molecular weight excluding hydrogens is 382 g/mol. The quantitative estimate of drug-likeness (QED) is 0.809. The molecule has 0 aromatic carbocycles. The standard InChI is InChI=1S/C20H29N3O2S.ClH/c24-19(22-11-8-16(9-12-22)21-14-15-6-7-15)17-4-1-2-10-23(17)20(25)18-5-3-13-26-18;/h3,5,13,15-17,21H,1-2,4,6-12,14H2;1H. The molecule has 1 aliphatic carbocycles. The first-order valence-electron chi connectivity index (χ1n) is 10.1. The second kappa shape index (κ2) is 9.39. The van der Waals surface area contributed by atoms with Gasteiger partial charge in [0.15, 0.2) is 0 Å². The minimum atomic E-state index is -0.269. The predicted octanol–water partition coefficient (Wildman–Crippen LogP) is 3.16. The van der Waals surface area contributed by atoms with E-state index in [2.05, 4.69) is 5.32 Å². The summed E-state index contributed by atoms with van der Waals surface area (Å²) in [7, 11) is 0. The summed E-state index contributed by atoms with van der Waals surface area (Å²) in [6.07, 6.45) is 7.64. The van der Waals surface area contributed by atoms with Gasteiger partial charge < -0.3 is 15.1 Å². The maximum Gasteiger partial charge on any atom is 0.264 e. The number of hydrogen-bond acceptors (Lipinski definition) is 4. The normalized spacial score (nSPS) is 23.8. The first-order chi connectivity index (χ1) is 12.7. The van der Waals surface area contributed by atoms with E-state index in [-0.39, 0.29) is 30.3 Å². The zero-order valence-corrected chi connectivity index (χ0v) is 17.4. The first-order valence-corrected chi connectivity index (χ1v) is 11.0. The number of nitrogens with zero attached hydrogens (tertiary/aromatic N) is 2. The van der Waals surface area contributed by atoms with Crippen molar-refractivity contribution in [1.29, 1.82) is 0 Å². The highest BCUT2D eigenvalue weighted by Gasteiger charge is 2.36. The summed E-state index contributed by atoms with van der Waals surface area (Å²) in [5.41, 5.74) is 0. The molecular formula is C20H30ClN3O2S. The molecule has 1 aromatic heterocycles. The summed E-state index contributed by atoms with van der Waals surface area (Å²) >= 11 is 1.46. The van der Waals surface area contributed by atoms with Crippen LogP contribution in [0.5, 0.6) is 0 Å². The van der Waals surface area contributed by atoms with Gasteiger partial charge in [-0.25, -0.2) is 0 Å². The average Bonchev–Trinajstić information content (AvgIpc) is 3.36. The number of piperidine rings is 2. The highest BCUT2D eigenvalue weighted by Crippen LogP contribution is 2.28. The summed E-state index contributed by atoms with van der Waals surface area (Å²) in [5.74, 6) is 1.09. The van der Waals surface area contributed by atoms with Crippen LogP contribution in [0.2, 0.25) is 0 Å². The van der Waals surface area contributed by atoms with Crippen molar-refractivity contribution >= 4 is 35.6 Å². The van der Waals surface area contributed by atoms with Crippen LogP contribution in [-0.2, 0) is 4.79 Å². The molecule has 150 valence electrons. The minimum absolute atomic E-state index is 0. The van der Waals surface area contributed by atoms with E-state index < -0.39 is 0 Å². The smallest absolute Gasteiger partial charge is 0.264 e. The summed E-state index contributed by atoms with van der Waals surface area (Å²) in [5, 5.41) is 5.59. The molecule has 3 heterocycles. The lowest BCUT2D eigenvalue weighted by molar-refractivity contribution is -0.138. The number of amides is 2. The first kappa shape index (κ1) is 20.6. The molecule has 1 saturated carbocycles. The van der Waals surface area contributed by atoms with E-state index in [1.54, 1.807) is 0 Å². The second-order valence-corrected chi connectivity index (χ2v) is 8.89. The highest BCUT2D eigenvalue weighted by molar-refractivity contribution is 7.12. The van der Waals surface area contributed by atoms with Crippen LogP contribution in [0.1, 0.15) is 54.6 Å². The second-order valence-electron chi connectivity index (χ2n) is 7.94. The molecule has 0 bridgehead atoms. The molecule has 1 N–H and O–H groups in total. The zero-order chi connectivity index (χ0) is 17.9. The third kappa shape index (κ3) is 5.04. The predicted molar refractivity (Wildman–Crippen MR) is 111 cm³/mol. The molecule has 2 saturated heterocycles. The Morgan fingerprint density at radius 2 is 1.85 bits per heavy atom. The largest absolute Gasteiger partial charge is 0.341 e. The van der Waals surface area contributed by atoms with Crippen molar-refractivity contribution in [3.05, 3.63) is 22.4 Å². The molecule has 4 rings (SSSR count). The van der Waals surface area contributed by atoms with E-state index in [4.69, 9.17) is 0 Å². The number of thiophene rings is 1. The minimum Gasteiger partial charge on any atom is -0.341 e. The Morgan fingerprint density at radius 3 is 2.52 bits per heavy atom. The van der Waals surface area contributed by atoms with E-state index in [0.717, 1.165) is 62.5 Å². The van der Waals surface area contributed by atoms with Crippen molar-refractivity contribution < 1.29 is 9.59 Å². The monoisotopic (exact) mass is 411 g/mol. The Morgan fingerprint density at radius 1 is 1.07 bits per heavy atom. The molecule has 27 heavy (non-hydrogen) atoms. The third-order valence-corrected chi connectivity index (χ3v) is 6.84. The zero-order valence-electron chi connectivity index (χ0n) is 15.8. The van der Waals surface area contributed by atoms with Crippen LogP contribution in [0.4, 0.5) is 0 Å². The van der Waals surface area contributed by atoms with Crippen molar-refractivity contribution in [3.63, 3.8) is 0 Å². The van der Waals surface area contributed by atoms with Crippen LogP contribution in [0.15, 0.2) is 17.5 Å². The maximum atomic E-state index is 13.1. The van der Waals surface area contributed by atoms with Gasteiger partial charge in [-0.2, -0.15) is 0 Å². The SMILES string of the molecule is Cl.O=C(C1CCCCN1C(=O)c1cccs1)N1CCC(NCC2CC2)CC1. The van der Waals surface area contributed by atoms with Gasteiger partial charge in [0.1, 0.15) is 6.04 Å². The fourth-order valence-electron chi connectivity index (χ4n) is 4.14. The molecule has 3 aliphatic rings. The molecule has 7 heteroatoms. The van der Waals surface area contributed by atoms with E-state index in [1.807, 2.05) is 27.3 Å². The van der Waals surface area contributed by atoms with Gasteiger partial charge in [-0.05, 0) is 68.9 Å². The van der Waals surface area contributed by atoms with Crippen LogP contribution < -0.4 is 5.32 Å². The van der Waals surface area contributed by atoms with Gasteiger partial charge in [-0.3, -0.25) is 9.59 Å². The van der Waals surface area contributed by atoms with Crippen molar-refractivity contribution in [1.82, 2.24) is 15.1 Å². The Labute approximate surface area is 171 Å². The third-order valence-electron chi connectivity index (χ3n) is 5.98. The average molecular weight is 412 g/mol. The molecule has 1 unspecified atom stereocenters. The Bertz CT molecular complexity index is 627. The van der Waals surface area contributed by atoms with Gasteiger partial charge >= 0.3 is 0 Å². The van der Waals surface area contributed by atoms with Gasteiger partial charge in [-0.15, -0.1) is 23.7 Å². The summed E-state index contributed by atoms with van der Waals surface area (Å²) in [6.45, 7) is 3.48. The lowest BCUT2D eigenvalue weighted by Gasteiger charge is -2.40. The molecule has 1 atom stereocenters. The van der Waals surface area contributed by atoms with Crippen molar-refractivity contribution in [2.75, 3.05) is 26.2 Å². The van der Waals surface area contributed by atoms with Crippen molar-refractivity contribution in [2.45, 2.75) is 57.0 Å². The Hall–Kier alpha value is -1.11. The Balaban J connectivity index is 0.00000210. The number of carbonyl (C=O) groups excluding carboxylic acids is 2. The highest BCUT2D eigenvalue weighted by atomic mass is 35.5. The van der Waals surface area contributed by atoms with Gasteiger partial charge in [0.25, 0.3) is 5.91 Å². The van der Waals surface area contributed by atoms with Gasteiger partial charge in [0.2, 0.25) is 5.91 Å². The number of likely N-dealkylation sites (tertiary alicyclic amines) is 2. The number of hydrogen-bond donors (Lipinski definition) is 1. The number of nitrogens with one attached hydrogen (secondary N) is 1. The summed E-state index contributed by atoms with van der Waals surface area (Å²) < 4.78 is 0. The van der Waals surface area contributed by atoms with Crippen LogP contribution in [0.3, 0.4) is 0 Å².